The number of ether oxygens (including phenoxy) is 1. The van der Waals surface area contributed by atoms with Gasteiger partial charge in [0, 0.05) is 31.2 Å². The summed E-state index contributed by atoms with van der Waals surface area (Å²) in [5, 5.41) is 0.464. The van der Waals surface area contributed by atoms with Crippen molar-refractivity contribution in [3.05, 3.63) is 64.4 Å². The Kier molecular flexibility index (Phi) is 6.52. The minimum atomic E-state index is -0.353. The minimum Gasteiger partial charge on any atom is -0.496 e. The zero-order valence-corrected chi connectivity index (χ0v) is 16.4. The maximum atomic E-state index is 13.3. The van der Waals surface area contributed by atoms with E-state index in [0.29, 0.717) is 54.5 Å². The van der Waals surface area contributed by atoms with Crippen LogP contribution >= 0.6 is 11.6 Å². The summed E-state index contributed by atoms with van der Waals surface area (Å²) in [7, 11) is 1.51. The molecule has 0 radical (unpaired) electrons. The van der Waals surface area contributed by atoms with Gasteiger partial charge in [0.15, 0.2) is 0 Å². The molecule has 1 saturated heterocycles. The maximum Gasteiger partial charge on any atom is 0.257 e. The first-order valence-corrected chi connectivity index (χ1v) is 9.51. The molecule has 0 bridgehead atoms. The van der Waals surface area contributed by atoms with Crippen molar-refractivity contribution < 1.29 is 18.7 Å². The Bertz CT molecular complexity index is 874. The molecule has 148 valence electrons. The number of carbonyl (C=O) groups excluding carboxylic acids is 2. The standard InChI is InChI=1S/C21H22ClFN2O3/c1-28-19-7-6-16(22)14-18(19)21(27)25-9-3-8-24(10-11-25)20(26)13-15-4-2-5-17(23)12-15/h2,4-7,12,14H,3,8-11,13H2,1H3. The van der Waals surface area contributed by atoms with E-state index in [4.69, 9.17) is 16.3 Å². The number of rotatable bonds is 4. The topological polar surface area (TPSA) is 49.9 Å². The summed E-state index contributed by atoms with van der Waals surface area (Å²) in [4.78, 5) is 29.0. The van der Waals surface area contributed by atoms with Crippen LogP contribution in [0.25, 0.3) is 0 Å². The highest BCUT2D eigenvalue weighted by atomic mass is 35.5. The molecule has 2 aromatic carbocycles. The lowest BCUT2D eigenvalue weighted by molar-refractivity contribution is -0.130. The Balaban J connectivity index is 1.65. The van der Waals surface area contributed by atoms with Gasteiger partial charge in [-0.3, -0.25) is 9.59 Å². The quantitative estimate of drug-likeness (QED) is 0.784. The first kappa shape index (κ1) is 20.1. The summed E-state index contributed by atoms with van der Waals surface area (Å²) in [6.45, 7) is 1.95. The van der Waals surface area contributed by atoms with Crippen molar-refractivity contribution in [1.29, 1.82) is 0 Å². The highest BCUT2D eigenvalue weighted by Crippen LogP contribution is 2.24. The lowest BCUT2D eigenvalue weighted by atomic mass is 10.1. The summed E-state index contributed by atoms with van der Waals surface area (Å²) in [6.07, 6.45) is 0.817. The second kappa shape index (κ2) is 9.06. The normalized spacial score (nSPS) is 14.5. The predicted octanol–water partition coefficient (Wildman–Crippen LogP) is 3.40. The molecule has 0 atom stereocenters. The van der Waals surface area contributed by atoms with Gasteiger partial charge < -0.3 is 14.5 Å². The fourth-order valence-electron chi connectivity index (χ4n) is 3.32. The molecule has 0 unspecified atom stereocenters. The lowest BCUT2D eigenvalue weighted by Gasteiger charge is -2.23. The van der Waals surface area contributed by atoms with E-state index >= 15 is 0 Å². The molecule has 1 fully saturated rings. The fourth-order valence-corrected chi connectivity index (χ4v) is 3.49. The van der Waals surface area contributed by atoms with Crippen molar-refractivity contribution in [2.75, 3.05) is 33.3 Å². The molecule has 0 aliphatic carbocycles. The highest BCUT2D eigenvalue weighted by molar-refractivity contribution is 6.31. The van der Waals surface area contributed by atoms with E-state index in [1.54, 1.807) is 40.1 Å². The minimum absolute atomic E-state index is 0.0692. The molecule has 28 heavy (non-hydrogen) atoms. The molecule has 2 amide bonds. The first-order valence-electron chi connectivity index (χ1n) is 9.13. The summed E-state index contributed by atoms with van der Waals surface area (Å²) in [5.74, 6) is -0.120. The Hall–Kier alpha value is -2.60. The summed E-state index contributed by atoms with van der Waals surface area (Å²) < 4.78 is 18.6. The van der Waals surface area contributed by atoms with Gasteiger partial charge in [0.2, 0.25) is 5.91 Å². The molecule has 5 nitrogen and oxygen atoms in total. The third-order valence-corrected chi connectivity index (χ3v) is 5.01. The second-order valence-corrected chi connectivity index (χ2v) is 7.11. The van der Waals surface area contributed by atoms with Gasteiger partial charge in [-0.25, -0.2) is 4.39 Å². The number of hydrogen-bond acceptors (Lipinski definition) is 3. The first-order chi connectivity index (χ1) is 13.5. The van der Waals surface area contributed by atoms with E-state index in [0.717, 1.165) is 0 Å². The van der Waals surface area contributed by atoms with Crippen molar-refractivity contribution >= 4 is 23.4 Å². The number of hydrogen-bond donors (Lipinski definition) is 0. The van der Waals surface area contributed by atoms with E-state index < -0.39 is 0 Å². The van der Waals surface area contributed by atoms with Gasteiger partial charge in [0.1, 0.15) is 11.6 Å². The average Bonchev–Trinajstić information content (AvgIpc) is 2.94. The molecule has 1 aliphatic rings. The Morgan fingerprint density at radius 3 is 2.57 bits per heavy atom. The SMILES string of the molecule is COc1ccc(Cl)cc1C(=O)N1CCCN(C(=O)Cc2cccc(F)c2)CC1. The molecular weight excluding hydrogens is 383 g/mol. The molecule has 1 heterocycles. The number of halogens is 2. The van der Waals surface area contributed by atoms with Gasteiger partial charge in [0.05, 0.1) is 19.1 Å². The van der Waals surface area contributed by atoms with E-state index in [1.807, 2.05) is 0 Å². The molecule has 7 heteroatoms. The van der Waals surface area contributed by atoms with Crippen LogP contribution in [0, 0.1) is 5.82 Å². The van der Waals surface area contributed by atoms with E-state index in [-0.39, 0.29) is 24.1 Å². The smallest absolute Gasteiger partial charge is 0.257 e. The van der Waals surface area contributed by atoms with Crippen molar-refractivity contribution in [2.24, 2.45) is 0 Å². The largest absolute Gasteiger partial charge is 0.496 e. The third-order valence-electron chi connectivity index (χ3n) is 4.77. The zero-order chi connectivity index (χ0) is 20.1. The lowest BCUT2D eigenvalue weighted by Crippen LogP contribution is -2.38. The van der Waals surface area contributed by atoms with Crippen LogP contribution in [0.4, 0.5) is 4.39 Å². The number of nitrogens with zero attached hydrogens (tertiary/aromatic N) is 2. The molecule has 0 aromatic heterocycles. The number of carbonyl (C=O) groups is 2. The van der Waals surface area contributed by atoms with Gasteiger partial charge in [-0.15, -0.1) is 0 Å². The Morgan fingerprint density at radius 1 is 1.07 bits per heavy atom. The van der Waals surface area contributed by atoms with Gasteiger partial charge in [-0.2, -0.15) is 0 Å². The van der Waals surface area contributed by atoms with E-state index in [1.165, 1.54) is 19.2 Å². The number of amides is 2. The molecule has 0 saturated carbocycles. The fraction of sp³-hybridized carbons (Fsp3) is 0.333. The average molecular weight is 405 g/mol. The predicted molar refractivity (Wildman–Crippen MR) is 105 cm³/mol. The van der Waals surface area contributed by atoms with Crippen molar-refractivity contribution in [3.8, 4) is 5.75 Å². The summed E-state index contributed by atoms with van der Waals surface area (Å²) in [5.41, 5.74) is 1.06. The summed E-state index contributed by atoms with van der Waals surface area (Å²) in [6, 6.07) is 11.0. The molecule has 1 aliphatic heterocycles. The third kappa shape index (κ3) is 4.81. The van der Waals surface area contributed by atoms with Crippen molar-refractivity contribution in [1.82, 2.24) is 9.80 Å². The van der Waals surface area contributed by atoms with Crippen LogP contribution in [0.3, 0.4) is 0 Å². The van der Waals surface area contributed by atoms with Crippen LogP contribution in [0.1, 0.15) is 22.3 Å². The van der Waals surface area contributed by atoms with Crippen LogP contribution in [-0.2, 0) is 11.2 Å². The van der Waals surface area contributed by atoms with Gasteiger partial charge >= 0.3 is 0 Å². The van der Waals surface area contributed by atoms with E-state index in [2.05, 4.69) is 0 Å². The van der Waals surface area contributed by atoms with Crippen LogP contribution in [0.5, 0.6) is 5.75 Å². The number of methoxy groups -OCH3 is 1. The van der Waals surface area contributed by atoms with Gasteiger partial charge in [0.25, 0.3) is 5.91 Å². The molecular formula is C21H22ClFN2O3. The van der Waals surface area contributed by atoms with Crippen LogP contribution in [0.2, 0.25) is 5.02 Å². The highest BCUT2D eigenvalue weighted by Gasteiger charge is 2.25. The van der Waals surface area contributed by atoms with Gasteiger partial charge in [-0.1, -0.05) is 23.7 Å². The molecule has 2 aromatic rings. The van der Waals surface area contributed by atoms with Crippen molar-refractivity contribution in [3.63, 3.8) is 0 Å². The number of benzene rings is 2. The van der Waals surface area contributed by atoms with Gasteiger partial charge in [-0.05, 0) is 42.3 Å². The summed E-state index contributed by atoms with van der Waals surface area (Å²) >= 11 is 6.04. The monoisotopic (exact) mass is 404 g/mol. The van der Waals surface area contributed by atoms with Crippen molar-refractivity contribution in [2.45, 2.75) is 12.8 Å². The van der Waals surface area contributed by atoms with Crippen LogP contribution in [0.15, 0.2) is 42.5 Å². The molecule has 3 rings (SSSR count). The molecule has 0 spiro atoms. The Morgan fingerprint density at radius 2 is 1.82 bits per heavy atom. The van der Waals surface area contributed by atoms with Crippen LogP contribution in [-0.4, -0.2) is 54.9 Å². The zero-order valence-electron chi connectivity index (χ0n) is 15.7. The second-order valence-electron chi connectivity index (χ2n) is 6.68. The Labute approximate surface area is 168 Å². The molecule has 0 N–H and O–H groups in total. The van der Waals surface area contributed by atoms with E-state index in [9.17, 15) is 14.0 Å². The maximum absolute atomic E-state index is 13.3. The van der Waals surface area contributed by atoms with Crippen LogP contribution < -0.4 is 4.74 Å².